The van der Waals surface area contributed by atoms with Gasteiger partial charge in [0, 0.05) is 23.3 Å². The van der Waals surface area contributed by atoms with Crippen LogP contribution >= 0.6 is 0 Å². The molecule has 0 heterocycles. The summed E-state index contributed by atoms with van der Waals surface area (Å²) >= 11 is 0. The number of carbonyl (C=O) groups is 1. The van der Waals surface area contributed by atoms with Crippen LogP contribution in [0.1, 0.15) is 15.9 Å². The van der Waals surface area contributed by atoms with Crippen LogP contribution in [0.4, 0.5) is 5.69 Å². The molecule has 6 N–H and O–H groups in total. The number of benzene rings is 2. The van der Waals surface area contributed by atoms with Crippen molar-refractivity contribution in [2.75, 3.05) is 0 Å². The second-order valence-corrected chi connectivity index (χ2v) is 4.20. The van der Waals surface area contributed by atoms with Gasteiger partial charge in [0.1, 0.15) is 0 Å². The van der Waals surface area contributed by atoms with Crippen LogP contribution in [0.3, 0.4) is 0 Å². The van der Waals surface area contributed by atoms with Crippen LogP contribution in [0.15, 0.2) is 54.6 Å². The average molecular weight is 349 g/mol. The largest absolute Gasteiger partial charge is 0.370 e. The van der Waals surface area contributed by atoms with Crippen molar-refractivity contribution in [3.63, 3.8) is 0 Å². The fourth-order valence-electron chi connectivity index (χ4n) is 1.52. The first kappa shape index (κ1) is 21.0. The molecule has 25 heavy (non-hydrogen) atoms. The summed E-state index contributed by atoms with van der Waals surface area (Å²) in [6.07, 6.45) is 0. The Hall–Kier alpha value is -4.02. The van der Waals surface area contributed by atoms with Crippen molar-refractivity contribution in [1.29, 1.82) is 5.41 Å². The molecule has 0 aliphatic heterocycles. The Balaban J connectivity index is 0.000000609. The highest BCUT2D eigenvalue weighted by molar-refractivity contribution is 6.09. The second kappa shape index (κ2) is 10.7. The summed E-state index contributed by atoms with van der Waals surface area (Å²) < 4.78 is 0. The third-order valence-corrected chi connectivity index (χ3v) is 2.36. The number of hydrogen-bond acceptors (Lipinski definition) is 6. The lowest BCUT2D eigenvalue weighted by atomic mass is 10.0. The number of rotatable bonds is 3. The number of guanidine groups is 1. The molecule has 0 unspecified atom stereocenters. The molecule has 0 aliphatic carbocycles. The third-order valence-electron chi connectivity index (χ3n) is 2.36. The predicted molar refractivity (Wildman–Crippen MR) is 87.9 cm³/mol. The monoisotopic (exact) mass is 349 g/mol. The highest BCUT2D eigenvalue weighted by Gasteiger charge is 2.12. The summed E-state index contributed by atoms with van der Waals surface area (Å²) in [7, 11) is 0. The van der Waals surface area contributed by atoms with E-state index in [1.807, 2.05) is 6.07 Å². The Labute approximate surface area is 141 Å². The van der Waals surface area contributed by atoms with Crippen LogP contribution in [0.25, 0.3) is 0 Å². The van der Waals surface area contributed by atoms with Crippen LogP contribution in [-0.4, -0.2) is 27.0 Å². The lowest BCUT2D eigenvalue weighted by Crippen LogP contribution is -2.20. The number of nitrogens with zero attached hydrogens (tertiary/aromatic N) is 2. The van der Waals surface area contributed by atoms with E-state index >= 15 is 0 Å². The Morgan fingerprint density at radius 2 is 1.40 bits per heavy atom. The molecular formula is C14H15N5O6. The molecule has 2 aromatic rings. The molecule has 2 aromatic carbocycles. The van der Waals surface area contributed by atoms with Gasteiger partial charge in [0.2, 0.25) is 0 Å². The van der Waals surface area contributed by atoms with E-state index in [2.05, 4.69) is 11.5 Å². The predicted octanol–water partition coefficient (Wildman–Crippen LogP) is 1.32. The van der Waals surface area contributed by atoms with Gasteiger partial charge < -0.3 is 16.7 Å². The number of ketones is 1. The van der Waals surface area contributed by atoms with Crippen molar-refractivity contribution in [3.8, 4) is 0 Å². The highest BCUT2D eigenvalue weighted by atomic mass is 16.9. The van der Waals surface area contributed by atoms with E-state index in [1.165, 1.54) is 18.2 Å². The van der Waals surface area contributed by atoms with Crippen LogP contribution in [0.2, 0.25) is 0 Å². The Kier molecular flexibility index (Phi) is 8.95. The van der Waals surface area contributed by atoms with Crippen molar-refractivity contribution in [2.24, 2.45) is 11.5 Å². The quantitative estimate of drug-likeness (QED) is 0.209. The maximum atomic E-state index is 12.0. The van der Waals surface area contributed by atoms with Crippen LogP contribution in [-0.2, 0) is 0 Å². The molecule has 0 saturated carbocycles. The van der Waals surface area contributed by atoms with E-state index in [1.54, 1.807) is 30.3 Å². The molecule has 11 nitrogen and oxygen atoms in total. The molecule has 0 spiro atoms. The molecule has 11 heteroatoms. The summed E-state index contributed by atoms with van der Waals surface area (Å²) in [4.78, 5) is 30.5. The minimum Gasteiger partial charge on any atom is -0.370 e. The topological polar surface area (TPSA) is 199 Å². The van der Waals surface area contributed by atoms with Crippen molar-refractivity contribution in [1.82, 2.24) is 0 Å². The molecule has 0 fully saturated rings. The SMILES string of the molecule is N=C(N)N.O=C(c1ccccc1)c1cccc([N+](=O)[O-])c1.O=[N+]([O-])O. The summed E-state index contributed by atoms with van der Waals surface area (Å²) in [6, 6.07) is 14.4. The smallest absolute Gasteiger partial charge is 0.291 e. The molecule has 0 radical (unpaired) electrons. The van der Waals surface area contributed by atoms with Gasteiger partial charge in [0.25, 0.3) is 10.8 Å². The van der Waals surface area contributed by atoms with E-state index < -0.39 is 10.0 Å². The van der Waals surface area contributed by atoms with Gasteiger partial charge in [-0.15, -0.1) is 10.1 Å². The first-order chi connectivity index (χ1) is 11.6. The number of non-ortho nitro benzene ring substituents is 1. The molecule has 2 rings (SSSR count). The molecule has 0 bridgehead atoms. The van der Waals surface area contributed by atoms with Gasteiger partial charge >= 0.3 is 0 Å². The number of carbonyl (C=O) groups excluding carboxylic acids is 1. The van der Waals surface area contributed by atoms with E-state index in [0.717, 1.165) is 0 Å². The lowest BCUT2D eigenvalue weighted by Gasteiger charge is -2.00. The van der Waals surface area contributed by atoms with Gasteiger partial charge in [-0.25, -0.2) is 0 Å². The summed E-state index contributed by atoms with van der Waals surface area (Å²) in [5.74, 6) is -0.547. The average Bonchev–Trinajstić information content (AvgIpc) is 2.54. The number of hydrogen-bond donors (Lipinski definition) is 4. The summed E-state index contributed by atoms with van der Waals surface area (Å²) in [6.45, 7) is 0. The zero-order valence-corrected chi connectivity index (χ0v) is 12.7. The molecule has 0 amide bonds. The fourth-order valence-corrected chi connectivity index (χ4v) is 1.52. The zero-order chi connectivity index (χ0) is 19.4. The Bertz CT molecular complexity index is 730. The molecule has 132 valence electrons. The van der Waals surface area contributed by atoms with E-state index in [0.29, 0.717) is 11.1 Å². The van der Waals surface area contributed by atoms with Crippen molar-refractivity contribution < 1.29 is 20.0 Å². The van der Waals surface area contributed by atoms with Gasteiger partial charge in [-0.1, -0.05) is 42.5 Å². The molecule has 0 aliphatic rings. The standard InChI is InChI=1S/C13H9NO3.CH5N3.HNO3/c15-13(10-5-2-1-3-6-10)11-7-4-8-12(9-11)14(16)17;2*2-1(3)4/h1-9H;(H5,2,3,4);(H,2,3,4). The fraction of sp³-hybridized carbons (Fsp3) is 0. The van der Waals surface area contributed by atoms with Gasteiger partial charge in [-0.2, -0.15) is 0 Å². The highest BCUT2D eigenvalue weighted by Crippen LogP contribution is 2.16. The van der Waals surface area contributed by atoms with Gasteiger partial charge in [0.15, 0.2) is 11.7 Å². The number of nitrogens with one attached hydrogen (secondary N) is 1. The van der Waals surface area contributed by atoms with Crippen molar-refractivity contribution >= 4 is 17.4 Å². The van der Waals surface area contributed by atoms with E-state index in [9.17, 15) is 14.9 Å². The van der Waals surface area contributed by atoms with Crippen LogP contribution in [0.5, 0.6) is 0 Å². The molecule has 0 saturated heterocycles. The number of nitro groups is 1. The summed E-state index contributed by atoms with van der Waals surface area (Å²) in [5.41, 5.74) is 9.71. The number of nitrogens with two attached hydrogens (primary N) is 2. The third kappa shape index (κ3) is 9.57. The van der Waals surface area contributed by atoms with E-state index in [-0.39, 0.29) is 17.4 Å². The van der Waals surface area contributed by atoms with Crippen molar-refractivity contribution in [2.45, 2.75) is 0 Å². The minimum atomic E-state index is -1.50. The first-order valence-corrected chi connectivity index (χ1v) is 6.42. The van der Waals surface area contributed by atoms with E-state index in [4.69, 9.17) is 20.7 Å². The number of nitro benzene ring substituents is 1. The zero-order valence-electron chi connectivity index (χ0n) is 12.7. The van der Waals surface area contributed by atoms with Gasteiger partial charge in [0.05, 0.1) is 4.92 Å². The van der Waals surface area contributed by atoms with Crippen molar-refractivity contribution in [3.05, 3.63) is 86.0 Å². The molecule has 0 aromatic heterocycles. The maximum absolute atomic E-state index is 12.0. The lowest BCUT2D eigenvalue weighted by molar-refractivity contribution is -0.742. The normalized spacial score (nSPS) is 8.64. The maximum Gasteiger partial charge on any atom is 0.291 e. The Morgan fingerprint density at radius 3 is 1.84 bits per heavy atom. The minimum absolute atomic E-state index is 0.0771. The van der Waals surface area contributed by atoms with Gasteiger partial charge in [-0.05, 0) is 0 Å². The van der Waals surface area contributed by atoms with Crippen LogP contribution in [0, 0.1) is 25.6 Å². The van der Waals surface area contributed by atoms with Crippen LogP contribution < -0.4 is 11.5 Å². The second-order valence-electron chi connectivity index (χ2n) is 4.20. The van der Waals surface area contributed by atoms with Gasteiger partial charge in [-0.3, -0.25) is 20.3 Å². The Morgan fingerprint density at radius 1 is 0.960 bits per heavy atom. The summed E-state index contributed by atoms with van der Waals surface area (Å²) in [5, 5.41) is 30.3. The molecule has 0 atom stereocenters. The first-order valence-electron chi connectivity index (χ1n) is 6.42. The molecular weight excluding hydrogens is 334 g/mol.